The second-order valence-electron chi connectivity index (χ2n) is 5.49. The van der Waals surface area contributed by atoms with Crippen LogP contribution in [0.1, 0.15) is 90.9 Å². The summed E-state index contributed by atoms with van der Waals surface area (Å²) in [6.07, 6.45) is 18.2. The summed E-state index contributed by atoms with van der Waals surface area (Å²) in [5.41, 5.74) is 1.45. The summed E-state index contributed by atoms with van der Waals surface area (Å²) in [6.45, 7) is 4.78. The van der Waals surface area contributed by atoms with Crippen LogP contribution in [0.3, 0.4) is 0 Å². The Morgan fingerprint density at radius 1 is 0.833 bits per heavy atom. The van der Waals surface area contributed by atoms with Crippen LogP contribution < -0.4 is 0 Å². The van der Waals surface area contributed by atoms with E-state index < -0.39 is 0 Å². The molecule has 0 saturated heterocycles. The molecule has 0 spiro atoms. The zero-order valence-electron chi connectivity index (χ0n) is 12.7. The van der Waals surface area contributed by atoms with Crippen molar-refractivity contribution in [2.45, 2.75) is 90.9 Å². The van der Waals surface area contributed by atoms with Gasteiger partial charge in [-0.2, -0.15) is 0 Å². The van der Waals surface area contributed by atoms with Crippen molar-refractivity contribution in [3.63, 3.8) is 0 Å². The molecule has 1 N–H and O–H groups in total. The van der Waals surface area contributed by atoms with Crippen LogP contribution in [0.25, 0.3) is 0 Å². The maximum absolute atomic E-state index is 8.73. The summed E-state index contributed by atoms with van der Waals surface area (Å²) >= 11 is 0. The Labute approximate surface area is 115 Å². The maximum atomic E-state index is 8.73. The molecule has 0 saturated carbocycles. The van der Waals surface area contributed by atoms with Gasteiger partial charge in [-0.25, -0.2) is 0 Å². The van der Waals surface area contributed by atoms with Gasteiger partial charge in [0, 0.05) is 6.61 Å². The number of unbranched alkanes of at least 4 members (excludes halogenated alkanes) is 9. The first kappa shape index (κ1) is 17.7. The first-order valence-electron chi connectivity index (χ1n) is 8.07. The molecular weight excluding hydrogens is 220 g/mol. The summed E-state index contributed by atoms with van der Waals surface area (Å²) in [7, 11) is 0. The Kier molecular flexibility index (Phi) is 14.5. The average Bonchev–Trinajstić information content (AvgIpc) is 2.38. The van der Waals surface area contributed by atoms with Crippen molar-refractivity contribution in [1.29, 1.82) is 0 Å². The smallest absolute Gasteiger partial charge is 0.0434 e. The van der Waals surface area contributed by atoms with Crippen LogP contribution in [0.5, 0.6) is 0 Å². The normalized spacial score (nSPS) is 12.1. The van der Waals surface area contributed by atoms with Gasteiger partial charge in [0.1, 0.15) is 0 Å². The standard InChI is InChI=1S/C17H34O/c1-3-4-5-6-7-8-9-10-11-12-14-17(2)15-13-16-18/h14,18H,3-13,15-16H2,1-2H3/b17-14-. The van der Waals surface area contributed by atoms with Crippen LogP contribution in [0, 0.1) is 0 Å². The van der Waals surface area contributed by atoms with Gasteiger partial charge in [0.2, 0.25) is 0 Å². The molecule has 1 heteroatoms. The zero-order valence-corrected chi connectivity index (χ0v) is 12.7. The van der Waals surface area contributed by atoms with Gasteiger partial charge in [0.15, 0.2) is 0 Å². The van der Waals surface area contributed by atoms with E-state index in [9.17, 15) is 0 Å². The second kappa shape index (κ2) is 14.8. The summed E-state index contributed by atoms with van der Waals surface area (Å²) in [5, 5.41) is 8.73. The van der Waals surface area contributed by atoms with Gasteiger partial charge < -0.3 is 5.11 Å². The molecule has 0 heterocycles. The third-order valence-corrected chi connectivity index (χ3v) is 3.53. The van der Waals surface area contributed by atoms with E-state index in [0.717, 1.165) is 12.8 Å². The fraction of sp³-hybridized carbons (Fsp3) is 0.882. The number of hydrogen-bond acceptors (Lipinski definition) is 1. The van der Waals surface area contributed by atoms with E-state index in [0.29, 0.717) is 6.61 Å². The first-order valence-corrected chi connectivity index (χ1v) is 8.07. The quantitative estimate of drug-likeness (QED) is 0.334. The van der Waals surface area contributed by atoms with Crippen molar-refractivity contribution in [3.8, 4) is 0 Å². The van der Waals surface area contributed by atoms with Gasteiger partial charge >= 0.3 is 0 Å². The Hall–Kier alpha value is -0.300. The van der Waals surface area contributed by atoms with E-state index in [4.69, 9.17) is 5.11 Å². The van der Waals surface area contributed by atoms with Gasteiger partial charge in [-0.1, -0.05) is 69.9 Å². The zero-order chi connectivity index (χ0) is 13.5. The fourth-order valence-electron chi connectivity index (χ4n) is 2.26. The van der Waals surface area contributed by atoms with Crippen molar-refractivity contribution in [2.24, 2.45) is 0 Å². The third-order valence-electron chi connectivity index (χ3n) is 3.53. The Morgan fingerprint density at radius 2 is 1.39 bits per heavy atom. The second-order valence-corrected chi connectivity index (χ2v) is 5.49. The lowest BCUT2D eigenvalue weighted by molar-refractivity contribution is 0.288. The first-order chi connectivity index (χ1) is 8.81. The van der Waals surface area contributed by atoms with Gasteiger partial charge in [-0.15, -0.1) is 0 Å². The van der Waals surface area contributed by atoms with Gasteiger partial charge in [-0.05, 0) is 32.6 Å². The Bertz CT molecular complexity index is 184. The molecule has 0 fully saturated rings. The summed E-state index contributed by atoms with van der Waals surface area (Å²) in [5.74, 6) is 0. The highest BCUT2D eigenvalue weighted by Gasteiger charge is 1.92. The van der Waals surface area contributed by atoms with E-state index >= 15 is 0 Å². The van der Waals surface area contributed by atoms with Crippen molar-refractivity contribution >= 4 is 0 Å². The molecule has 0 aromatic rings. The number of hydrogen-bond donors (Lipinski definition) is 1. The van der Waals surface area contributed by atoms with Crippen molar-refractivity contribution in [2.75, 3.05) is 6.61 Å². The molecule has 0 rings (SSSR count). The topological polar surface area (TPSA) is 20.2 Å². The van der Waals surface area contributed by atoms with Crippen LogP contribution in [0.2, 0.25) is 0 Å². The van der Waals surface area contributed by atoms with Crippen LogP contribution in [-0.2, 0) is 0 Å². The van der Waals surface area contributed by atoms with E-state index in [1.807, 2.05) is 0 Å². The molecule has 0 aromatic heterocycles. The molecule has 0 aliphatic rings. The lowest BCUT2D eigenvalue weighted by Gasteiger charge is -2.02. The highest BCUT2D eigenvalue weighted by molar-refractivity contribution is 4.97. The molecular formula is C17H34O. The number of allylic oxidation sites excluding steroid dienone is 2. The molecule has 1 nitrogen and oxygen atoms in total. The van der Waals surface area contributed by atoms with Crippen molar-refractivity contribution in [3.05, 3.63) is 11.6 Å². The lowest BCUT2D eigenvalue weighted by Crippen LogP contribution is -1.85. The summed E-state index contributed by atoms with van der Waals surface area (Å²) in [4.78, 5) is 0. The monoisotopic (exact) mass is 254 g/mol. The van der Waals surface area contributed by atoms with Crippen LogP contribution in [0.4, 0.5) is 0 Å². The highest BCUT2D eigenvalue weighted by Crippen LogP contribution is 2.12. The van der Waals surface area contributed by atoms with Gasteiger partial charge in [-0.3, -0.25) is 0 Å². The molecule has 0 aromatic carbocycles. The fourth-order valence-corrected chi connectivity index (χ4v) is 2.26. The van der Waals surface area contributed by atoms with E-state index in [2.05, 4.69) is 19.9 Å². The molecule has 0 atom stereocenters. The Balaban J connectivity index is 3.15. The van der Waals surface area contributed by atoms with E-state index in [1.165, 1.54) is 69.8 Å². The molecule has 0 aliphatic carbocycles. The molecule has 0 amide bonds. The molecule has 0 unspecified atom stereocenters. The molecule has 0 aliphatic heterocycles. The average molecular weight is 254 g/mol. The predicted molar refractivity (Wildman–Crippen MR) is 81.9 cm³/mol. The number of aliphatic hydroxyl groups is 1. The summed E-state index contributed by atoms with van der Waals surface area (Å²) in [6, 6.07) is 0. The van der Waals surface area contributed by atoms with Crippen LogP contribution in [0.15, 0.2) is 11.6 Å². The number of aliphatic hydroxyl groups excluding tert-OH is 1. The number of rotatable bonds is 13. The molecule has 0 radical (unpaired) electrons. The van der Waals surface area contributed by atoms with Crippen molar-refractivity contribution in [1.82, 2.24) is 0 Å². The van der Waals surface area contributed by atoms with Crippen LogP contribution in [-0.4, -0.2) is 11.7 Å². The van der Waals surface area contributed by atoms with Gasteiger partial charge in [0.25, 0.3) is 0 Å². The minimum atomic E-state index is 0.323. The van der Waals surface area contributed by atoms with Gasteiger partial charge in [0.05, 0.1) is 0 Å². The molecule has 0 bridgehead atoms. The largest absolute Gasteiger partial charge is 0.396 e. The van der Waals surface area contributed by atoms with Crippen LogP contribution >= 0.6 is 0 Å². The minimum absolute atomic E-state index is 0.323. The SMILES string of the molecule is CCCCCCCCCCC/C=C(/C)CCCO. The molecule has 18 heavy (non-hydrogen) atoms. The Morgan fingerprint density at radius 3 is 1.94 bits per heavy atom. The van der Waals surface area contributed by atoms with Crippen molar-refractivity contribution < 1.29 is 5.11 Å². The van der Waals surface area contributed by atoms with E-state index in [1.54, 1.807) is 0 Å². The molecule has 108 valence electrons. The predicted octanol–water partition coefficient (Wildman–Crippen LogP) is 5.63. The minimum Gasteiger partial charge on any atom is -0.396 e. The lowest BCUT2D eigenvalue weighted by atomic mass is 10.1. The maximum Gasteiger partial charge on any atom is 0.0434 e. The summed E-state index contributed by atoms with van der Waals surface area (Å²) < 4.78 is 0. The highest BCUT2D eigenvalue weighted by atomic mass is 16.2. The van der Waals surface area contributed by atoms with E-state index in [-0.39, 0.29) is 0 Å². The third kappa shape index (κ3) is 13.8.